The van der Waals surface area contributed by atoms with Crippen molar-refractivity contribution in [3.8, 4) is 5.75 Å². The quantitative estimate of drug-likeness (QED) is 0.851. The normalized spacial score (nSPS) is 10.7. The second-order valence-electron chi connectivity index (χ2n) is 5.25. The average Bonchev–Trinajstić information content (AvgIpc) is 2.50. The minimum absolute atomic E-state index is 0.318. The molecule has 0 unspecified atom stereocenters. The van der Waals surface area contributed by atoms with Crippen LogP contribution in [0.5, 0.6) is 5.75 Å². The lowest BCUT2D eigenvalue weighted by Gasteiger charge is -2.17. The highest BCUT2D eigenvalue weighted by molar-refractivity contribution is 5.87. The first-order chi connectivity index (χ1) is 10.6. The molecule has 0 heterocycles. The van der Waals surface area contributed by atoms with Gasteiger partial charge in [0.15, 0.2) is 0 Å². The Labute approximate surface area is 131 Å². The molecule has 0 aliphatic rings. The first-order valence-electron chi connectivity index (χ1n) is 7.31. The zero-order valence-corrected chi connectivity index (χ0v) is 13.0. The highest BCUT2D eigenvalue weighted by Gasteiger charge is 2.05. The van der Waals surface area contributed by atoms with Gasteiger partial charge in [-0.15, -0.1) is 0 Å². The maximum atomic E-state index is 10.8. The Bertz CT molecular complexity index is 605. The summed E-state index contributed by atoms with van der Waals surface area (Å²) < 4.78 is 5.43. The summed E-state index contributed by atoms with van der Waals surface area (Å²) in [4.78, 5) is 13.0. The van der Waals surface area contributed by atoms with Crippen molar-refractivity contribution in [2.24, 2.45) is 0 Å². The first-order valence-corrected chi connectivity index (χ1v) is 7.31. The van der Waals surface area contributed by atoms with Crippen molar-refractivity contribution in [2.75, 3.05) is 13.7 Å². The molecule has 2 aromatic carbocycles. The number of benzene rings is 2. The molecule has 0 saturated carbocycles. The molecular formula is C18H21NO3. The van der Waals surface area contributed by atoms with Crippen molar-refractivity contribution in [3.63, 3.8) is 0 Å². The zero-order valence-electron chi connectivity index (χ0n) is 13.0. The minimum Gasteiger partial charge on any atom is -0.494 e. The van der Waals surface area contributed by atoms with Crippen LogP contribution in [0.4, 0.5) is 0 Å². The maximum absolute atomic E-state index is 10.8. The largest absolute Gasteiger partial charge is 0.494 e. The monoisotopic (exact) mass is 299 g/mol. The van der Waals surface area contributed by atoms with Crippen molar-refractivity contribution >= 4 is 5.97 Å². The van der Waals surface area contributed by atoms with Crippen LogP contribution in [0.3, 0.4) is 0 Å². The van der Waals surface area contributed by atoms with E-state index in [1.54, 1.807) is 12.1 Å². The van der Waals surface area contributed by atoms with Crippen LogP contribution in [-0.4, -0.2) is 29.6 Å². The molecule has 0 atom stereocenters. The fourth-order valence-corrected chi connectivity index (χ4v) is 2.29. The summed E-state index contributed by atoms with van der Waals surface area (Å²) in [6, 6.07) is 15.1. The summed E-state index contributed by atoms with van der Waals surface area (Å²) in [5.74, 6) is -0.00699. The third-order valence-corrected chi connectivity index (χ3v) is 3.34. The van der Waals surface area contributed by atoms with Crippen LogP contribution in [0.15, 0.2) is 48.5 Å². The number of hydrogen-bond acceptors (Lipinski definition) is 3. The summed E-state index contributed by atoms with van der Waals surface area (Å²) in [6.07, 6.45) is 0. The number of aromatic carboxylic acids is 1. The lowest BCUT2D eigenvalue weighted by atomic mass is 10.1. The van der Waals surface area contributed by atoms with Crippen LogP contribution in [0.25, 0.3) is 0 Å². The first kappa shape index (κ1) is 16.0. The number of hydrogen-bond donors (Lipinski definition) is 1. The van der Waals surface area contributed by atoms with Gasteiger partial charge in [0.05, 0.1) is 12.2 Å². The number of rotatable bonds is 7. The minimum atomic E-state index is -0.894. The van der Waals surface area contributed by atoms with Crippen LogP contribution in [-0.2, 0) is 13.1 Å². The van der Waals surface area contributed by atoms with Crippen molar-refractivity contribution in [2.45, 2.75) is 20.0 Å². The lowest BCUT2D eigenvalue weighted by Crippen LogP contribution is -2.17. The third kappa shape index (κ3) is 4.60. The highest BCUT2D eigenvalue weighted by Crippen LogP contribution is 2.14. The summed E-state index contributed by atoms with van der Waals surface area (Å²) in [5, 5.41) is 8.89. The number of carboxylic acid groups (broad SMARTS) is 1. The second-order valence-corrected chi connectivity index (χ2v) is 5.25. The fraction of sp³-hybridized carbons (Fsp3) is 0.278. The molecule has 0 aliphatic carbocycles. The van der Waals surface area contributed by atoms with Gasteiger partial charge < -0.3 is 9.84 Å². The van der Waals surface area contributed by atoms with E-state index in [0.717, 1.165) is 24.4 Å². The Balaban J connectivity index is 1.91. The van der Waals surface area contributed by atoms with E-state index in [1.165, 1.54) is 5.56 Å². The standard InChI is InChI=1S/C18H21NO3/c1-3-22-17-10-6-15(7-11-17)13-19(2)12-14-4-8-16(9-5-14)18(20)21/h4-11H,3,12-13H2,1-2H3,(H,20,21). The predicted molar refractivity (Wildman–Crippen MR) is 86.2 cm³/mol. The Kier molecular flexibility index (Phi) is 5.55. The molecule has 0 fully saturated rings. The number of carboxylic acids is 1. The third-order valence-electron chi connectivity index (χ3n) is 3.34. The molecule has 2 rings (SSSR count). The Hall–Kier alpha value is -2.33. The molecule has 0 saturated heterocycles. The maximum Gasteiger partial charge on any atom is 0.335 e. The number of carbonyl (C=O) groups is 1. The SMILES string of the molecule is CCOc1ccc(CN(C)Cc2ccc(C(=O)O)cc2)cc1. The van der Waals surface area contributed by atoms with Crippen molar-refractivity contribution in [1.82, 2.24) is 4.90 Å². The predicted octanol–water partition coefficient (Wildman–Crippen LogP) is 3.42. The molecule has 4 nitrogen and oxygen atoms in total. The van der Waals surface area contributed by atoms with Crippen LogP contribution in [0, 0.1) is 0 Å². The van der Waals surface area contributed by atoms with Gasteiger partial charge in [0.1, 0.15) is 5.75 Å². The molecule has 0 aliphatic heterocycles. The van der Waals surface area contributed by atoms with Crippen molar-refractivity contribution in [3.05, 3.63) is 65.2 Å². The van der Waals surface area contributed by atoms with Gasteiger partial charge in [-0.25, -0.2) is 4.79 Å². The van der Waals surface area contributed by atoms with E-state index in [4.69, 9.17) is 9.84 Å². The van der Waals surface area contributed by atoms with Crippen LogP contribution in [0.2, 0.25) is 0 Å². The molecular weight excluding hydrogens is 278 g/mol. The molecule has 0 bridgehead atoms. The van der Waals surface area contributed by atoms with E-state index in [0.29, 0.717) is 12.2 Å². The van der Waals surface area contributed by atoms with Gasteiger partial charge in [-0.1, -0.05) is 24.3 Å². The number of nitrogens with zero attached hydrogens (tertiary/aromatic N) is 1. The topological polar surface area (TPSA) is 49.8 Å². The van der Waals surface area contributed by atoms with Gasteiger partial charge in [-0.2, -0.15) is 0 Å². The van der Waals surface area contributed by atoms with E-state index in [-0.39, 0.29) is 0 Å². The molecule has 22 heavy (non-hydrogen) atoms. The van der Waals surface area contributed by atoms with Crippen molar-refractivity contribution in [1.29, 1.82) is 0 Å². The van der Waals surface area contributed by atoms with E-state index in [9.17, 15) is 4.79 Å². The second kappa shape index (κ2) is 7.61. The van der Waals surface area contributed by atoms with Gasteiger partial charge in [0.2, 0.25) is 0 Å². The van der Waals surface area contributed by atoms with Crippen LogP contribution >= 0.6 is 0 Å². The van der Waals surface area contributed by atoms with Gasteiger partial charge in [0.25, 0.3) is 0 Å². The zero-order chi connectivity index (χ0) is 15.9. The smallest absolute Gasteiger partial charge is 0.335 e. The summed E-state index contributed by atoms with van der Waals surface area (Å²) in [6.45, 7) is 4.24. The molecule has 2 aromatic rings. The van der Waals surface area contributed by atoms with Gasteiger partial charge >= 0.3 is 5.97 Å². The van der Waals surface area contributed by atoms with Crippen molar-refractivity contribution < 1.29 is 14.6 Å². The molecule has 0 amide bonds. The Morgan fingerprint density at radius 3 is 1.95 bits per heavy atom. The summed E-state index contributed by atoms with van der Waals surface area (Å²) >= 11 is 0. The van der Waals surface area contributed by atoms with Gasteiger partial charge in [-0.05, 0) is 49.4 Å². The summed E-state index contributed by atoms with van der Waals surface area (Å²) in [7, 11) is 2.04. The lowest BCUT2D eigenvalue weighted by molar-refractivity contribution is 0.0697. The van der Waals surface area contributed by atoms with Crippen LogP contribution in [0.1, 0.15) is 28.4 Å². The Morgan fingerprint density at radius 2 is 1.50 bits per heavy atom. The molecule has 4 heteroatoms. The average molecular weight is 299 g/mol. The highest BCUT2D eigenvalue weighted by atomic mass is 16.5. The Morgan fingerprint density at radius 1 is 1.00 bits per heavy atom. The molecule has 0 aromatic heterocycles. The van der Waals surface area contributed by atoms with E-state index in [1.807, 2.05) is 38.2 Å². The van der Waals surface area contributed by atoms with E-state index >= 15 is 0 Å². The van der Waals surface area contributed by atoms with E-state index < -0.39 is 5.97 Å². The molecule has 0 spiro atoms. The van der Waals surface area contributed by atoms with Gasteiger partial charge in [0, 0.05) is 13.1 Å². The van der Waals surface area contributed by atoms with Gasteiger partial charge in [-0.3, -0.25) is 4.90 Å². The summed E-state index contributed by atoms with van der Waals surface area (Å²) in [5.41, 5.74) is 2.63. The van der Waals surface area contributed by atoms with Crippen LogP contribution < -0.4 is 4.74 Å². The molecule has 1 N–H and O–H groups in total. The fourth-order valence-electron chi connectivity index (χ4n) is 2.29. The molecule has 116 valence electrons. The van der Waals surface area contributed by atoms with E-state index in [2.05, 4.69) is 17.0 Å². The number of ether oxygens (including phenoxy) is 1. The molecule has 0 radical (unpaired) electrons.